The lowest BCUT2D eigenvalue weighted by molar-refractivity contribution is -0.139. The third kappa shape index (κ3) is 3.58. The lowest BCUT2D eigenvalue weighted by atomic mass is 10.1. The number of amides is 2. The lowest BCUT2D eigenvalue weighted by Crippen LogP contribution is -2.37. The Bertz CT molecular complexity index is 777. The van der Waals surface area contributed by atoms with Crippen LogP contribution < -0.4 is 4.90 Å². The molecule has 2 amide bonds. The monoisotopic (exact) mass is 470 g/mol. The topological polar surface area (TPSA) is 40.6 Å². The van der Waals surface area contributed by atoms with Crippen LogP contribution in [0.4, 0.5) is 5.69 Å². The van der Waals surface area contributed by atoms with E-state index < -0.39 is 5.92 Å². The molecule has 2 heterocycles. The van der Waals surface area contributed by atoms with Crippen molar-refractivity contribution in [1.82, 2.24) is 4.90 Å². The van der Waals surface area contributed by atoms with Gasteiger partial charge in [0.15, 0.2) is 0 Å². The molecule has 1 saturated heterocycles. The number of carbonyl (C=O) groups is 2. The molecule has 4 nitrogen and oxygen atoms in total. The SMILES string of the molecule is CN(Cc1ccc(Br)s1)C(=O)C1CCN(c2ccccc2Br)C1=O. The van der Waals surface area contributed by atoms with Gasteiger partial charge in [0.05, 0.1) is 16.0 Å². The Hall–Kier alpha value is -1.18. The molecular formula is C17H16Br2N2O2S. The van der Waals surface area contributed by atoms with Crippen molar-refractivity contribution in [2.75, 3.05) is 18.5 Å². The molecule has 0 N–H and O–H groups in total. The molecule has 0 spiro atoms. The van der Waals surface area contributed by atoms with E-state index in [1.54, 1.807) is 28.2 Å². The third-order valence-corrected chi connectivity index (χ3v) is 6.32. The highest BCUT2D eigenvalue weighted by Gasteiger charge is 2.39. The summed E-state index contributed by atoms with van der Waals surface area (Å²) in [6.07, 6.45) is 0.553. The fraction of sp³-hybridized carbons (Fsp3) is 0.294. The second kappa shape index (κ2) is 7.37. The van der Waals surface area contributed by atoms with Crippen molar-refractivity contribution in [2.24, 2.45) is 5.92 Å². The summed E-state index contributed by atoms with van der Waals surface area (Å²) in [6, 6.07) is 11.5. The summed E-state index contributed by atoms with van der Waals surface area (Å²) < 4.78 is 1.90. The van der Waals surface area contributed by atoms with Crippen LogP contribution in [0.1, 0.15) is 11.3 Å². The predicted octanol–water partition coefficient (Wildman–Crippen LogP) is 4.28. The van der Waals surface area contributed by atoms with Crippen LogP contribution >= 0.6 is 43.2 Å². The minimum absolute atomic E-state index is 0.112. The van der Waals surface area contributed by atoms with Crippen molar-refractivity contribution in [2.45, 2.75) is 13.0 Å². The lowest BCUT2D eigenvalue weighted by Gasteiger charge is -2.21. The standard InChI is InChI=1S/C17H16Br2N2O2S/c1-20(10-11-6-7-15(19)24-11)16(22)12-8-9-21(17(12)23)14-5-3-2-4-13(14)18/h2-7,12H,8-10H2,1H3. The van der Waals surface area contributed by atoms with Crippen molar-refractivity contribution in [1.29, 1.82) is 0 Å². The Morgan fingerprint density at radius 3 is 2.71 bits per heavy atom. The third-order valence-electron chi connectivity index (χ3n) is 4.04. The van der Waals surface area contributed by atoms with Gasteiger partial charge in [-0.1, -0.05) is 12.1 Å². The molecule has 24 heavy (non-hydrogen) atoms. The Labute approximate surface area is 161 Å². The van der Waals surface area contributed by atoms with Crippen LogP contribution in [0.5, 0.6) is 0 Å². The highest BCUT2D eigenvalue weighted by atomic mass is 79.9. The first-order chi connectivity index (χ1) is 11.5. The fourth-order valence-electron chi connectivity index (χ4n) is 2.83. The number of halogens is 2. The van der Waals surface area contributed by atoms with Gasteiger partial charge >= 0.3 is 0 Å². The minimum atomic E-state index is -0.592. The summed E-state index contributed by atoms with van der Waals surface area (Å²) >= 11 is 8.50. The maximum absolute atomic E-state index is 12.7. The molecule has 1 fully saturated rings. The van der Waals surface area contributed by atoms with E-state index in [9.17, 15) is 9.59 Å². The molecule has 1 atom stereocenters. The number of para-hydroxylation sites is 1. The van der Waals surface area contributed by atoms with Crippen molar-refractivity contribution in [3.8, 4) is 0 Å². The van der Waals surface area contributed by atoms with Crippen molar-refractivity contribution in [3.63, 3.8) is 0 Å². The van der Waals surface area contributed by atoms with Crippen LogP contribution in [-0.4, -0.2) is 30.3 Å². The average Bonchev–Trinajstić information content (AvgIpc) is 3.13. The van der Waals surface area contributed by atoms with Gasteiger partial charge in [0.2, 0.25) is 11.8 Å². The summed E-state index contributed by atoms with van der Waals surface area (Å²) in [5.74, 6) is -0.823. The van der Waals surface area contributed by atoms with Crippen molar-refractivity contribution in [3.05, 3.63) is 49.5 Å². The molecule has 1 aromatic heterocycles. The number of hydrogen-bond acceptors (Lipinski definition) is 3. The van der Waals surface area contributed by atoms with Gasteiger partial charge in [-0.2, -0.15) is 0 Å². The summed E-state index contributed by atoms with van der Waals surface area (Å²) in [5, 5.41) is 0. The van der Waals surface area contributed by atoms with Gasteiger partial charge in [-0.15, -0.1) is 11.3 Å². The Kier molecular flexibility index (Phi) is 5.42. The highest BCUT2D eigenvalue weighted by Crippen LogP contribution is 2.32. The first-order valence-corrected chi connectivity index (χ1v) is 9.92. The number of nitrogens with zero attached hydrogens (tertiary/aromatic N) is 2. The van der Waals surface area contributed by atoms with Crippen LogP contribution in [-0.2, 0) is 16.1 Å². The van der Waals surface area contributed by atoms with E-state index in [0.29, 0.717) is 19.5 Å². The number of hydrogen-bond donors (Lipinski definition) is 0. The zero-order valence-corrected chi connectivity index (χ0v) is 17.0. The molecule has 1 aliphatic rings. The van der Waals surface area contributed by atoms with E-state index in [-0.39, 0.29) is 11.8 Å². The van der Waals surface area contributed by atoms with Gasteiger partial charge < -0.3 is 9.80 Å². The van der Waals surface area contributed by atoms with E-state index >= 15 is 0 Å². The number of benzene rings is 1. The van der Waals surface area contributed by atoms with Gasteiger partial charge in [0.1, 0.15) is 5.92 Å². The molecule has 1 aliphatic heterocycles. The van der Waals surface area contributed by atoms with Gasteiger partial charge in [-0.25, -0.2) is 0 Å². The zero-order chi connectivity index (χ0) is 17.3. The molecule has 0 bridgehead atoms. The van der Waals surface area contributed by atoms with E-state index in [1.165, 1.54) is 0 Å². The van der Waals surface area contributed by atoms with Crippen molar-refractivity contribution >= 4 is 60.7 Å². The Morgan fingerprint density at radius 1 is 1.29 bits per heavy atom. The van der Waals surface area contributed by atoms with Crippen LogP contribution in [0.25, 0.3) is 0 Å². The number of anilines is 1. The van der Waals surface area contributed by atoms with Crippen LogP contribution in [0.3, 0.4) is 0 Å². The largest absolute Gasteiger partial charge is 0.340 e. The van der Waals surface area contributed by atoms with Crippen LogP contribution in [0.2, 0.25) is 0 Å². The zero-order valence-electron chi connectivity index (χ0n) is 13.0. The molecule has 2 aromatic rings. The Balaban J connectivity index is 1.70. The van der Waals surface area contributed by atoms with Gasteiger partial charge in [-0.05, 0) is 62.5 Å². The predicted molar refractivity (Wildman–Crippen MR) is 103 cm³/mol. The summed E-state index contributed by atoms with van der Waals surface area (Å²) in [5.41, 5.74) is 0.822. The molecule has 1 aromatic carbocycles. The van der Waals surface area contributed by atoms with E-state index in [4.69, 9.17) is 0 Å². The molecule has 126 valence electrons. The van der Waals surface area contributed by atoms with Gasteiger partial charge in [0, 0.05) is 22.9 Å². The number of rotatable bonds is 4. The maximum atomic E-state index is 12.7. The second-order valence-electron chi connectivity index (χ2n) is 5.68. The molecule has 0 aliphatic carbocycles. The quantitative estimate of drug-likeness (QED) is 0.624. The minimum Gasteiger partial charge on any atom is -0.340 e. The average molecular weight is 472 g/mol. The normalized spacial score (nSPS) is 17.4. The summed E-state index contributed by atoms with van der Waals surface area (Å²) in [4.78, 5) is 29.8. The first kappa shape index (κ1) is 17.6. The molecular weight excluding hydrogens is 456 g/mol. The first-order valence-electron chi connectivity index (χ1n) is 7.52. The smallest absolute Gasteiger partial charge is 0.239 e. The number of carbonyl (C=O) groups excluding carboxylic acids is 2. The highest BCUT2D eigenvalue weighted by molar-refractivity contribution is 9.11. The molecule has 0 saturated carbocycles. The summed E-state index contributed by atoms with van der Waals surface area (Å²) in [6.45, 7) is 1.09. The number of thiophene rings is 1. The van der Waals surface area contributed by atoms with Gasteiger partial charge in [0.25, 0.3) is 0 Å². The van der Waals surface area contributed by atoms with Crippen molar-refractivity contribution < 1.29 is 9.59 Å². The van der Waals surface area contributed by atoms with E-state index in [0.717, 1.165) is 18.8 Å². The van der Waals surface area contributed by atoms with E-state index in [1.807, 2.05) is 36.4 Å². The second-order valence-corrected chi connectivity index (χ2v) is 9.08. The van der Waals surface area contributed by atoms with Gasteiger partial charge in [-0.3, -0.25) is 9.59 Å². The van der Waals surface area contributed by atoms with E-state index in [2.05, 4.69) is 31.9 Å². The van der Waals surface area contributed by atoms with Crippen LogP contribution in [0.15, 0.2) is 44.7 Å². The fourth-order valence-corrected chi connectivity index (χ4v) is 4.87. The van der Waals surface area contributed by atoms with Crippen LogP contribution in [0, 0.1) is 5.92 Å². The molecule has 0 radical (unpaired) electrons. The summed E-state index contributed by atoms with van der Waals surface area (Å²) in [7, 11) is 1.75. The molecule has 1 unspecified atom stereocenters. The molecule has 7 heteroatoms. The Morgan fingerprint density at radius 2 is 2.04 bits per heavy atom. The molecule has 3 rings (SSSR count). The maximum Gasteiger partial charge on any atom is 0.239 e.